The number of carbonyl (C=O) groups excluding carboxylic acids is 1. The highest BCUT2D eigenvalue weighted by atomic mass is 32.2. The minimum absolute atomic E-state index is 0.00143. The van der Waals surface area contributed by atoms with Crippen LogP contribution >= 0.6 is 0 Å². The first kappa shape index (κ1) is 23.3. The first-order valence-electron chi connectivity index (χ1n) is 10.1. The highest BCUT2D eigenvalue weighted by Crippen LogP contribution is 2.22. The van der Waals surface area contributed by atoms with Crippen molar-refractivity contribution in [1.29, 1.82) is 0 Å². The van der Waals surface area contributed by atoms with Crippen LogP contribution in [0.4, 0.5) is 5.69 Å². The Hall–Kier alpha value is -3.36. The van der Waals surface area contributed by atoms with Gasteiger partial charge in [-0.05, 0) is 61.0 Å². The van der Waals surface area contributed by atoms with Crippen molar-refractivity contribution in [2.45, 2.75) is 17.9 Å². The molecule has 3 aromatic rings. The number of aliphatic hydroxyl groups is 1. The van der Waals surface area contributed by atoms with Crippen LogP contribution in [0.15, 0.2) is 83.8 Å². The van der Waals surface area contributed by atoms with E-state index in [1.54, 1.807) is 30.3 Å². The van der Waals surface area contributed by atoms with Crippen LogP contribution in [0, 0.1) is 6.92 Å². The smallest absolute Gasteiger partial charge is 0.264 e. The van der Waals surface area contributed by atoms with Crippen molar-refractivity contribution in [3.05, 3.63) is 90.0 Å². The average molecular weight is 455 g/mol. The lowest BCUT2D eigenvalue weighted by atomic mass is 10.2. The zero-order valence-electron chi connectivity index (χ0n) is 17.9. The van der Waals surface area contributed by atoms with Crippen LogP contribution in [-0.4, -0.2) is 45.7 Å². The first-order valence-corrected chi connectivity index (χ1v) is 11.5. The van der Waals surface area contributed by atoms with Crippen molar-refractivity contribution in [2.24, 2.45) is 0 Å². The van der Waals surface area contributed by atoms with Gasteiger partial charge in [-0.25, -0.2) is 8.42 Å². The summed E-state index contributed by atoms with van der Waals surface area (Å²) < 4.78 is 32.3. The molecule has 2 N–H and O–H groups in total. The van der Waals surface area contributed by atoms with E-state index in [2.05, 4.69) is 5.32 Å². The maximum absolute atomic E-state index is 12.8. The molecule has 0 radical (unpaired) electrons. The molecule has 3 aromatic carbocycles. The molecule has 0 heterocycles. The van der Waals surface area contributed by atoms with Gasteiger partial charge in [0.25, 0.3) is 15.9 Å². The maximum Gasteiger partial charge on any atom is 0.264 e. The van der Waals surface area contributed by atoms with E-state index in [1.807, 2.05) is 31.2 Å². The summed E-state index contributed by atoms with van der Waals surface area (Å²) in [6.45, 7) is 1.98. The Bertz CT molecular complexity index is 1150. The number of aryl methyl sites for hydroxylation is 1. The lowest BCUT2D eigenvalue weighted by Gasteiger charge is -2.19. The standard InChI is InChI=1S/C24H26N2O5S/c1-18-7-6-10-22(15-18)31-17-21(27)16-25-24(28)19-11-13-23(14-12-19)32(29,30)26(2)20-8-4-3-5-9-20/h3-15,21,27H,16-17H2,1-2H3,(H,25,28). The van der Waals surface area contributed by atoms with E-state index in [4.69, 9.17) is 4.74 Å². The maximum atomic E-state index is 12.8. The summed E-state index contributed by atoms with van der Waals surface area (Å²) in [5.41, 5.74) is 1.88. The number of benzene rings is 3. The van der Waals surface area contributed by atoms with Gasteiger partial charge in [0.2, 0.25) is 0 Å². The van der Waals surface area contributed by atoms with E-state index in [0.29, 0.717) is 11.4 Å². The van der Waals surface area contributed by atoms with Crippen LogP contribution in [0.2, 0.25) is 0 Å². The molecule has 8 heteroatoms. The molecular formula is C24H26N2O5S. The largest absolute Gasteiger partial charge is 0.491 e. The molecule has 0 aliphatic carbocycles. The van der Waals surface area contributed by atoms with Gasteiger partial charge in [-0.3, -0.25) is 9.10 Å². The molecule has 1 unspecified atom stereocenters. The number of amides is 1. The van der Waals surface area contributed by atoms with Crippen LogP contribution in [-0.2, 0) is 10.0 Å². The number of nitrogens with zero attached hydrogens (tertiary/aromatic N) is 1. The second kappa shape index (κ2) is 10.3. The molecule has 1 amide bonds. The van der Waals surface area contributed by atoms with Crippen molar-refractivity contribution >= 4 is 21.6 Å². The molecular weight excluding hydrogens is 428 g/mol. The van der Waals surface area contributed by atoms with Gasteiger partial charge in [0.15, 0.2) is 0 Å². The summed E-state index contributed by atoms with van der Waals surface area (Å²) in [4.78, 5) is 12.4. The van der Waals surface area contributed by atoms with Crippen LogP contribution in [0.3, 0.4) is 0 Å². The Balaban J connectivity index is 1.55. The lowest BCUT2D eigenvalue weighted by molar-refractivity contribution is 0.0843. The van der Waals surface area contributed by atoms with Crippen molar-refractivity contribution in [1.82, 2.24) is 5.32 Å². The number of anilines is 1. The van der Waals surface area contributed by atoms with Crippen molar-refractivity contribution in [2.75, 3.05) is 24.5 Å². The summed E-state index contributed by atoms with van der Waals surface area (Å²) in [5, 5.41) is 12.7. The van der Waals surface area contributed by atoms with Gasteiger partial charge in [-0.1, -0.05) is 30.3 Å². The van der Waals surface area contributed by atoms with E-state index in [-0.39, 0.29) is 23.6 Å². The Morgan fingerprint density at radius 1 is 1.03 bits per heavy atom. The van der Waals surface area contributed by atoms with E-state index >= 15 is 0 Å². The molecule has 0 saturated heterocycles. The third kappa shape index (κ3) is 5.87. The lowest BCUT2D eigenvalue weighted by Crippen LogP contribution is -2.35. The minimum atomic E-state index is -3.75. The summed E-state index contributed by atoms with van der Waals surface area (Å²) >= 11 is 0. The monoisotopic (exact) mass is 454 g/mol. The number of para-hydroxylation sites is 1. The Morgan fingerprint density at radius 3 is 2.38 bits per heavy atom. The van der Waals surface area contributed by atoms with E-state index in [1.165, 1.54) is 35.6 Å². The number of hydrogen-bond donors (Lipinski definition) is 2. The third-order valence-electron chi connectivity index (χ3n) is 4.82. The predicted molar refractivity (Wildman–Crippen MR) is 123 cm³/mol. The van der Waals surface area contributed by atoms with Crippen LogP contribution in [0.1, 0.15) is 15.9 Å². The normalized spacial score (nSPS) is 12.1. The van der Waals surface area contributed by atoms with E-state index < -0.39 is 22.0 Å². The highest BCUT2D eigenvalue weighted by Gasteiger charge is 2.21. The second-order valence-corrected chi connectivity index (χ2v) is 9.29. The molecule has 3 rings (SSSR count). The molecule has 0 aromatic heterocycles. The van der Waals surface area contributed by atoms with Crippen molar-refractivity contribution < 1.29 is 23.1 Å². The molecule has 0 bridgehead atoms. The first-order chi connectivity index (χ1) is 15.3. The number of sulfonamides is 1. The molecule has 0 aliphatic heterocycles. The number of carbonyl (C=O) groups is 1. The number of nitrogens with one attached hydrogen (secondary N) is 1. The zero-order valence-corrected chi connectivity index (χ0v) is 18.7. The van der Waals surface area contributed by atoms with Gasteiger partial charge >= 0.3 is 0 Å². The van der Waals surface area contributed by atoms with Crippen LogP contribution in [0.5, 0.6) is 5.75 Å². The summed E-state index contributed by atoms with van der Waals surface area (Å²) in [7, 11) is -2.27. The SMILES string of the molecule is Cc1cccc(OCC(O)CNC(=O)c2ccc(S(=O)(=O)N(C)c3ccccc3)cc2)c1. The summed E-state index contributed by atoms with van der Waals surface area (Å²) in [6, 6.07) is 21.8. The molecule has 0 aliphatic rings. The van der Waals surface area contributed by atoms with Gasteiger partial charge < -0.3 is 15.2 Å². The number of aliphatic hydroxyl groups excluding tert-OH is 1. The molecule has 7 nitrogen and oxygen atoms in total. The van der Waals surface area contributed by atoms with Crippen LogP contribution in [0.25, 0.3) is 0 Å². The predicted octanol–water partition coefficient (Wildman–Crippen LogP) is 2.99. The topological polar surface area (TPSA) is 95.9 Å². The quantitative estimate of drug-likeness (QED) is 0.518. The second-order valence-electron chi connectivity index (χ2n) is 7.32. The average Bonchev–Trinajstić information content (AvgIpc) is 2.81. The molecule has 0 fully saturated rings. The number of ether oxygens (including phenoxy) is 1. The van der Waals surface area contributed by atoms with Gasteiger partial charge in [-0.15, -0.1) is 0 Å². The Labute approximate surface area is 188 Å². The molecule has 1 atom stereocenters. The molecule has 32 heavy (non-hydrogen) atoms. The summed E-state index contributed by atoms with van der Waals surface area (Å²) in [5.74, 6) is 0.229. The van der Waals surface area contributed by atoms with Crippen LogP contribution < -0.4 is 14.4 Å². The van der Waals surface area contributed by atoms with Gasteiger partial charge in [0, 0.05) is 19.2 Å². The summed E-state index contributed by atoms with van der Waals surface area (Å²) in [6.07, 6.45) is -0.890. The van der Waals surface area contributed by atoms with E-state index in [0.717, 1.165) is 5.56 Å². The fourth-order valence-electron chi connectivity index (χ4n) is 2.98. The molecule has 0 spiro atoms. The number of hydrogen-bond acceptors (Lipinski definition) is 5. The van der Waals surface area contributed by atoms with E-state index in [9.17, 15) is 18.3 Å². The zero-order chi connectivity index (χ0) is 23.1. The highest BCUT2D eigenvalue weighted by molar-refractivity contribution is 7.92. The Kier molecular flexibility index (Phi) is 7.50. The third-order valence-corrected chi connectivity index (χ3v) is 6.62. The minimum Gasteiger partial charge on any atom is -0.491 e. The Morgan fingerprint density at radius 2 is 1.72 bits per heavy atom. The fraction of sp³-hybridized carbons (Fsp3) is 0.208. The van der Waals surface area contributed by atoms with Crippen molar-refractivity contribution in [3.63, 3.8) is 0 Å². The number of rotatable bonds is 9. The van der Waals surface area contributed by atoms with Gasteiger partial charge in [0.05, 0.1) is 10.6 Å². The van der Waals surface area contributed by atoms with Crippen molar-refractivity contribution in [3.8, 4) is 5.75 Å². The van der Waals surface area contributed by atoms with Gasteiger partial charge in [-0.2, -0.15) is 0 Å². The molecule has 168 valence electrons. The molecule has 0 saturated carbocycles. The van der Waals surface area contributed by atoms with Gasteiger partial charge in [0.1, 0.15) is 18.5 Å². The fourth-order valence-corrected chi connectivity index (χ4v) is 4.18.